The van der Waals surface area contributed by atoms with Gasteiger partial charge in [-0.3, -0.25) is 0 Å². The normalized spacial score (nSPS) is 50.6. The molecule has 0 aromatic rings. The van der Waals surface area contributed by atoms with Crippen LogP contribution in [0.25, 0.3) is 0 Å². The van der Waals surface area contributed by atoms with Crippen LogP contribution in [0.2, 0.25) is 0 Å². The predicted octanol–water partition coefficient (Wildman–Crippen LogP) is -6.40. The molecule has 18 heteroatoms. The van der Waals surface area contributed by atoms with E-state index in [1.54, 1.807) is 7.05 Å². The number of hydrogen-bond donors (Lipinski definition) is 11. The van der Waals surface area contributed by atoms with E-state index < -0.39 is 111 Å². The minimum atomic E-state index is -1.80. The lowest BCUT2D eigenvalue weighted by molar-refractivity contribution is -0.372. The minimum Gasteiger partial charge on any atom is -0.394 e. The second kappa shape index (κ2) is 13.5. The molecule has 0 spiro atoms. The Morgan fingerprint density at radius 2 is 1.59 bits per heavy atom. The van der Waals surface area contributed by atoms with Crippen molar-refractivity contribution in [3.05, 3.63) is 0 Å². The van der Waals surface area contributed by atoms with E-state index in [1.165, 1.54) is 7.05 Å². The van der Waals surface area contributed by atoms with Crippen molar-refractivity contribution in [2.75, 3.05) is 20.7 Å². The van der Waals surface area contributed by atoms with Crippen LogP contribution in [0.15, 0.2) is 4.99 Å². The standard InChI is InChI=1S/C23H44FN7O10/c1-29-8-3-6(25)14(33)11(24)18(8)39-20-7(26)4-9-19(40-20)16(35)13(30-2)21(37-9)41-22-17(36)15(34)12(31-23(27)28)10(5-32)38-22/h6-22,29-30,32-36H,3-5,25-26H2,1-2H3,(H4,27,28,31). The first-order valence-corrected chi connectivity index (χ1v) is 13.6. The molecule has 17 unspecified atom stereocenters. The number of aliphatic hydroxyl groups excluding tert-OH is 5. The van der Waals surface area contributed by atoms with Gasteiger partial charge < -0.3 is 82.8 Å². The van der Waals surface area contributed by atoms with E-state index in [1.807, 2.05) is 0 Å². The van der Waals surface area contributed by atoms with E-state index in [0.29, 0.717) is 0 Å². The van der Waals surface area contributed by atoms with Gasteiger partial charge in [-0.25, -0.2) is 9.38 Å². The number of hydrogen-bond acceptors (Lipinski definition) is 15. The molecule has 41 heavy (non-hydrogen) atoms. The number of alkyl halides is 1. The Balaban J connectivity index is 1.45. The fourth-order valence-electron chi connectivity index (χ4n) is 5.94. The monoisotopic (exact) mass is 597 g/mol. The fraction of sp³-hybridized carbons (Fsp3) is 0.957. The van der Waals surface area contributed by atoms with Crippen LogP contribution in [0, 0.1) is 0 Å². The topological polar surface area (TPSA) is 288 Å². The molecule has 3 saturated heterocycles. The molecule has 17 atom stereocenters. The van der Waals surface area contributed by atoms with Gasteiger partial charge in [0.1, 0.15) is 48.8 Å². The van der Waals surface area contributed by atoms with Gasteiger partial charge in [-0.05, 0) is 26.9 Å². The van der Waals surface area contributed by atoms with Gasteiger partial charge in [-0.2, -0.15) is 0 Å². The van der Waals surface area contributed by atoms with E-state index >= 15 is 4.39 Å². The average Bonchev–Trinajstić information content (AvgIpc) is 2.93. The Morgan fingerprint density at radius 1 is 0.878 bits per heavy atom. The van der Waals surface area contributed by atoms with Gasteiger partial charge in [0.2, 0.25) is 0 Å². The number of halogens is 1. The van der Waals surface area contributed by atoms with E-state index in [-0.39, 0.29) is 18.8 Å². The van der Waals surface area contributed by atoms with E-state index in [0.717, 1.165) is 0 Å². The SMILES string of the molecule is CNC1CC(N)C(O)C(F)C1OC1OC2C(CC1N)OC(OC1OC(CO)C(N=C(N)N)C(O)C1O)C(NC)C2O. The number of aliphatic imine (C=N–C) groups is 1. The van der Waals surface area contributed by atoms with Gasteiger partial charge in [0, 0.05) is 12.1 Å². The lowest BCUT2D eigenvalue weighted by atomic mass is 9.85. The van der Waals surface area contributed by atoms with Crippen LogP contribution in [0.1, 0.15) is 12.8 Å². The highest BCUT2D eigenvalue weighted by Gasteiger charge is 2.54. The lowest BCUT2D eigenvalue weighted by Crippen LogP contribution is -2.70. The van der Waals surface area contributed by atoms with Crippen molar-refractivity contribution in [2.24, 2.45) is 27.9 Å². The first-order valence-electron chi connectivity index (χ1n) is 13.6. The van der Waals surface area contributed by atoms with Crippen LogP contribution in [0.5, 0.6) is 0 Å². The third-order valence-corrected chi connectivity index (χ3v) is 8.23. The summed E-state index contributed by atoms with van der Waals surface area (Å²) in [6, 6.07) is -4.19. The zero-order valence-corrected chi connectivity index (χ0v) is 22.8. The van der Waals surface area contributed by atoms with Crippen molar-refractivity contribution < 1.29 is 53.6 Å². The van der Waals surface area contributed by atoms with Gasteiger partial charge in [-0.15, -0.1) is 0 Å². The van der Waals surface area contributed by atoms with Crippen LogP contribution < -0.4 is 33.6 Å². The van der Waals surface area contributed by atoms with E-state index in [4.69, 9.17) is 46.6 Å². The van der Waals surface area contributed by atoms with Gasteiger partial charge in [0.25, 0.3) is 0 Å². The summed E-state index contributed by atoms with van der Waals surface area (Å²) in [4.78, 5) is 3.83. The number of rotatable bonds is 8. The Hall–Kier alpha value is -1.36. The minimum absolute atomic E-state index is 0.112. The summed E-state index contributed by atoms with van der Waals surface area (Å²) in [7, 11) is 3.16. The van der Waals surface area contributed by atoms with Crippen LogP contribution in [0.4, 0.5) is 4.39 Å². The molecule has 4 aliphatic rings. The maximum Gasteiger partial charge on any atom is 0.189 e. The average molecular weight is 598 g/mol. The highest BCUT2D eigenvalue weighted by atomic mass is 19.1. The van der Waals surface area contributed by atoms with E-state index in [2.05, 4.69) is 15.6 Å². The molecule has 0 radical (unpaired) electrons. The Kier molecular flexibility index (Phi) is 10.7. The molecular formula is C23H44FN7O10. The molecule has 0 aromatic heterocycles. The maximum atomic E-state index is 15.0. The summed E-state index contributed by atoms with van der Waals surface area (Å²) in [5.41, 5.74) is 23.0. The number of aliphatic hydroxyl groups is 5. The molecule has 0 aromatic carbocycles. The predicted molar refractivity (Wildman–Crippen MR) is 138 cm³/mol. The van der Waals surface area contributed by atoms with Crippen molar-refractivity contribution in [3.8, 4) is 0 Å². The van der Waals surface area contributed by atoms with Crippen molar-refractivity contribution in [1.29, 1.82) is 0 Å². The molecule has 4 rings (SSSR count). The largest absolute Gasteiger partial charge is 0.394 e. The highest BCUT2D eigenvalue weighted by Crippen LogP contribution is 2.36. The molecule has 1 saturated carbocycles. The molecule has 17 nitrogen and oxygen atoms in total. The van der Waals surface area contributed by atoms with Crippen molar-refractivity contribution in [3.63, 3.8) is 0 Å². The third-order valence-electron chi connectivity index (χ3n) is 8.23. The quantitative estimate of drug-likeness (QED) is 0.0916. The number of guanidine groups is 1. The van der Waals surface area contributed by atoms with Crippen LogP contribution >= 0.6 is 0 Å². The van der Waals surface area contributed by atoms with Gasteiger partial charge in [0.05, 0.1) is 24.8 Å². The molecule has 15 N–H and O–H groups in total. The van der Waals surface area contributed by atoms with Crippen LogP contribution in [0.3, 0.4) is 0 Å². The summed E-state index contributed by atoms with van der Waals surface area (Å²) < 4.78 is 44.5. The maximum absolute atomic E-state index is 15.0. The fourth-order valence-corrected chi connectivity index (χ4v) is 5.94. The smallest absolute Gasteiger partial charge is 0.189 e. The van der Waals surface area contributed by atoms with Crippen LogP contribution in [-0.4, -0.2) is 156 Å². The van der Waals surface area contributed by atoms with Crippen molar-refractivity contribution >= 4 is 5.96 Å². The second-order valence-corrected chi connectivity index (χ2v) is 10.9. The molecular weight excluding hydrogens is 553 g/mol. The van der Waals surface area contributed by atoms with Gasteiger partial charge in [0.15, 0.2) is 31.0 Å². The van der Waals surface area contributed by atoms with Gasteiger partial charge >= 0.3 is 0 Å². The Morgan fingerprint density at radius 3 is 2.20 bits per heavy atom. The Labute approximate surface area is 236 Å². The first-order chi connectivity index (χ1) is 19.4. The zero-order chi connectivity index (χ0) is 30.2. The first kappa shape index (κ1) is 32.6. The summed E-state index contributed by atoms with van der Waals surface area (Å²) in [6.07, 6.45) is -15.2. The molecule has 0 bridgehead atoms. The number of ether oxygens (including phenoxy) is 5. The van der Waals surface area contributed by atoms with Crippen LogP contribution in [-0.2, 0) is 23.7 Å². The summed E-state index contributed by atoms with van der Waals surface area (Å²) >= 11 is 0. The summed E-state index contributed by atoms with van der Waals surface area (Å²) in [5.74, 6) is -0.370. The highest BCUT2D eigenvalue weighted by molar-refractivity contribution is 5.76. The molecule has 3 heterocycles. The molecule has 238 valence electrons. The number of fused-ring (bicyclic) bond motifs is 1. The molecule has 4 fully saturated rings. The van der Waals surface area contributed by atoms with Gasteiger partial charge in [-0.1, -0.05) is 0 Å². The summed E-state index contributed by atoms with van der Waals surface area (Å²) in [6.45, 7) is -0.596. The lowest BCUT2D eigenvalue weighted by Gasteiger charge is -2.51. The number of nitrogens with zero attached hydrogens (tertiary/aromatic N) is 1. The number of likely N-dealkylation sites (N-methyl/N-ethyl adjacent to an activating group) is 2. The Bertz CT molecular complexity index is 890. The van der Waals surface area contributed by atoms with Crippen molar-refractivity contribution in [2.45, 2.75) is 117 Å². The number of nitrogens with one attached hydrogen (secondary N) is 2. The van der Waals surface area contributed by atoms with E-state index in [9.17, 15) is 25.5 Å². The number of nitrogens with two attached hydrogens (primary N) is 4. The van der Waals surface area contributed by atoms with Crippen molar-refractivity contribution in [1.82, 2.24) is 10.6 Å². The summed E-state index contributed by atoms with van der Waals surface area (Å²) in [5, 5.41) is 58.2. The third kappa shape index (κ3) is 6.60. The second-order valence-electron chi connectivity index (χ2n) is 10.9. The zero-order valence-electron chi connectivity index (χ0n) is 22.8. The molecule has 0 amide bonds. The molecule has 1 aliphatic carbocycles. The molecule has 3 aliphatic heterocycles.